The number of aliphatic hydroxyl groups is 1. The first-order valence-corrected chi connectivity index (χ1v) is 8.41. The lowest BCUT2D eigenvalue weighted by atomic mass is 9.93. The molecule has 1 aromatic heterocycles. The Bertz CT molecular complexity index is 698. The Labute approximate surface area is 142 Å². The molecule has 1 aliphatic heterocycles. The van der Waals surface area contributed by atoms with E-state index in [0.29, 0.717) is 13.1 Å². The second kappa shape index (κ2) is 7.49. The molecule has 0 saturated heterocycles. The second-order valence-electron chi connectivity index (χ2n) is 6.21. The number of aryl methyl sites for hydroxylation is 2. The molecule has 0 spiro atoms. The van der Waals surface area contributed by atoms with Gasteiger partial charge in [0.05, 0.1) is 18.8 Å². The molecule has 2 heterocycles. The average Bonchev–Trinajstić information content (AvgIpc) is 3.02. The quantitative estimate of drug-likeness (QED) is 0.824. The summed E-state index contributed by atoms with van der Waals surface area (Å²) < 4.78 is 1.88. The summed E-state index contributed by atoms with van der Waals surface area (Å²) in [5, 5.41) is 16.9. The Kier molecular flexibility index (Phi) is 5.15. The Morgan fingerprint density at radius 1 is 1.42 bits per heavy atom. The van der Waals surface area contributed by atoms with Crippen molar-refractivity contribution in [2.24, 2.45) is 0 Å². The number of urea groups is 1. The third-order valence-electron chi connectivity index (χ3n) is 4.45. The van der Waals surface area contributed by atoms with Crippen LogP contribution in [0.15, 0.2) is 36.7 Å². The molecule has 0 aliphatic carbocycles. The average molecular weight is 328 g/mol. The van der Waals surface area contributed by atoms with Crippen molar-refractivity contribution in [3.05, 3.63) is 53.3 Å². The first-order valence-electron chi connectivity index (χ1n) is 8.41. The van der Waals surface area contributed by atoms with Crippen LogP contribution in [0.5, 0.6) is 0 Å². The lowest BCUT2D eigenvalue weighted by molar-refractivity contribution is 0.127. The second-order valence-corrected chi connectivity index (χ2v) is 6.21. The lowest BCUT2D eigenvalue weighted by Crippen LogP contribution is -2.47. The van der Waals surface area contributed by atoms with Gasteiger partial charge in [-0.1, -0.05) is 24.3 Å². The summed E-state index contributed by atoms with van der Waals surface area (Å²) in [5.41, 5.74) is 3.40. The molecule has 1 aliphatic rings. The van der Waals surface area contributed by atoms with Crippen LogP contribution in [0.4, 0.5) is 4.79 Å². The molecule has 128 valence electrons. The van der Waals surface area contributed by atoms with E-state index in [0.717, 1.165) is 30.5 Å². The normalized spacial score (nSPS) is 16.8. The van der Waals surface area contributed by atoms with Crippen molar-refractivity contribution in [1.82, 2.24) is 20.0 Å². The number of amides is 2. The van der Waals surface area contributed by atoms with Crippen LogP contribution in [0.2, 0.25) is 0 Å². The van der Waals surface area contributed by atoms with Gasteiger partial charge in [0.1, 0.15) is 0 Å². The minimum atomic E-state index is -0.260. The molecular formula is C18H24N4O2. The van der Waals surface area contributed by atoms with E-state index in [4.69, 9.17) is 0 Å². The van der Waals surface area contributed by atoms with E-state index in [1.807, 2.05) is 42.2 Å². The molecule has 2 aromatic rings. The lowest BCUT2D eigenvalue weighted by Gasteiger charge is -2.36. The van der Waals surface area contributed by atoms with Crippen LogP contribution in [-0.2, 0) is 13.0 Å². The third kappa shape index (κ3) is 3.59. The molecular weight excluding hydrogens is 304 g/mol. The molecule has 1 aromatic carbocycles. The van der Waals surface area contributed by atoms with Gasteiger partial charge in [-0.3, -0.25) is 4.68 Å². The standard InChI is InChI=1S/C18H24N4O2/c1-14-11-20-21(12-14)9-4-8-19-18(24)22-10-7-15-5-2-3-6-16(15)17(22)13-23/h2-3,5-6,11-12,17,23H,4,7-10,13H2,1H3,(H,19,24). The fourth-order valence-electron chi connectivity index (χ4n) is 3.22. The van der Waals surface area contributed by atoms with Crippen molar-refractivity contribution in [3.63, 3.8) is 0 Å². The van der Waals surface area contributed by atoms with Crippen LogP contribution in [0.1, 0.15) is 29.2 Å². The van der Waals surface area contributed by atoms with E-state index in [1.54, 1.807) is 4.90 Å². The monoisotopic (exact) mass is 328 g/mol. The summed E-state index contributed by atoms with van der Waals surface area (Å²) in [5.74, 6) is 0. The predicted octanol–water partition coefficient (Wildman–Crippen LogP) is 1.88. The van der Waals surface area contributed by atoms with Crippen LogP contribution in [0.3, 0.4) is 0 Å². The molecule has 1 atom stereocenters. The summed E-state index contributed by atoms with van der Waals surface area (Å²) >= 11 is 0. The minimum Gasteiger partial charge on any atom is -0.394 e. The summed E-state index contributed by atoms with van der Waals surface area (Å²) in [6.07, 6.45) is 5.47. The first-order chi connectivity index (χ1) is 11.7. The number of carbonyl (C=O) groups excluding carboxylic acids is 1. The Balaban J connectivity index is 1.53. The topological polar surface area (TPSA) is 70.4 Å². The highest BCUT2D eigenvalue weighted by atomic mass is 16.3. The van der Waals surface area contributed by atoms with Gasteiger partial charge in [-0.25, -0.2) is 4.79 Å². The number of aromatic nitrogens is 2. The maximum absolute atomic E-state index is 12.5. The van der Waals surface area contributed by atoms with E-state index in [1.165, 1.54) is 5.56 Å². The zero-order valence-corrected chi connectivity index (χ0v) is 14.0. The smallest absolute Gasteiger partial charge is 0.318 e. The number of nitrogens with zero attached hydrogens (tertiary/aromatic N) is 3. The van der Waals surface area contributed by atoms with Gasteiger partial charge in [-0.2, -0.15) is 5.10 Å². The Hall–Kier alpha value is -2.34. The number of hydrogen-bond donors (Lipinski definition) is 2. The SMILES string of the molecule is Cc1cnn(CCCNC(=O)N2CCc3ccccc3C2CO)c1. The van der Waals surface area contributed by atoms with E-state index in [-0.39, 0.29) is 18.7 Å². The van der Waals surface area contributed by atoms with Crippen molar-refractivity contribution >= 4 is 6.03 Å². The molecule has 24 heavy (non-hydrogen) atoms. The zero-order chi connectivity index (χ0) is 16.9. The van der Waals surface area contributed by atoms with Crippen LogP contribution in [0.25, 0.3) is 0 Å². The minimum absolute atomic E-state index is 0.0585. The number of rotatable bonds is 5. The van der Waals surface area contributed by atoms with Crippen LogP contribution >= 0.6 is 0 Å². The molecule has 3 rings (SSSR count). The van der Waals surface area contributed by atoms with E-state index in [2.05, 4.69) is 16.5 Å². The molecule has 0 bridgehead atoms. The van der Waals surface area contributed by atoms with Gasteiger partial charge in [0, 0.05) is 25.8 Å². The molecule has 6 nitrogen and oxygen atoms in total. The Morgan fingerprint density at radius 2 is 2.25 bits per heavy atom. The summed E-state index contributed by atoms with van der Waals surface area (Å²) in [7, 11) is 0. The Morgan fingerprint density at radius 3 is 3.00 bits per heavy atom. The number of aliphatic hydroxyl groups excluding tert-OH is 1. The van der Waals surface area contributed by atoms with E-state index in [9.17, 15) is 9.90 Å². The van der Waals surface area contributed by atoms with Crippen molar-refractivity contribution < 1.29 is 9.90 Å². The van der Waals surface area contributed by atoms with Gasteiger partial charge in [0.25, 0.3) is 0 Å². The molecule has 1 unspecified atom stereocenters. The predicted molar refractivity (Wildman–Crippen MR) is 91.7 cm³/mol. The van der Waals surface area contributed by atoms with Crippen LogP contribution in [0, 0.1) is 6.92 Å². The van der Waals surface area contributed by atoms with Crippen LogP contribution < -0.4 is 5.32 Å². The van der Waals surface area contributed by atoms with Gasteiger partial charge in [-0.15, -0.1) is 0 Å². The largest absolute Gasteiger partial charge is 0.394 e. The molecule has 0 saturated carbocycles. The van der Waals surface area contributed by atoms with E-state index < -0.39 is 0 Å². The molecule has 2 N–H and O–H groups in total. The van der Waals surface area contributed by atoms with Crippen molar-refractivity contribution in [2.75, 3.05) is 19.7 Å². The number of fused-ring (bicyclic) bond motifs is 1. The maximum Gasteiger partial charge on any atom is 0.318 e. The molecule has 2 amide bonds. The van der Waals surface area contributed by atoms with Crippen molar-refractivity contribution in [3.8, 4) is 0 Å². The maximum atomic E-state index is 12.5. The molecule has 0 fully saturated rings. The first kappa shape index (κ1) is 16.5. The van der Waals surface area contributed by atoms with Gasteiger partial charge in [0.2, 0.25) is 0 Å². The highest BCUT2D eigenvalue weighted by Crippen LogP contribution is 2.29. The fraction of sp³-hybridized carbons (Fsp3) is 0.444. The van der Waals surface area contributed by atoms with Crippen molar-refractivity contribution in [1.29, 1.82) is 0 Å². The van der Waals surface area contributed by atoms with Gasteiger partial charge >= 0.3 is 6.03 Å². The van der Waals surface area contributed by atoms with E-state index >= 15 is 0 Å². The number of nitrogens with one attached hydrogen (secondary N) is 1. The summed E-state index contributed by atoms with van der Waals surface area (Å²) in [4.78, 5) is 14.2. The zero-order valence-electron chi connectivity index (χ0n) is 14.0. The number of benzene rings is 1. The van der Waals surface area contributed by atoms with Gasteiger partial charge in [0.15, 0.2) is 0 Å². The van der Waals surface area contributed by atoms with Gasteiger partial charge < -0.3 is 15.3 Å². The van der Waals surface area contributed by atoms with Gasteiger partial charge in [-0.05, 0) is 36.5 Å². The van der Waals surface area contributed by atoms with Crippen LogP contribution in [-0.4, -0.2) is 45.5 Å². The number of carbonyl (C=O) groups is 1. The highest BCUT2D eigenvalue weighted by molar-refractivity contribution is 5.75. The third-order valence-corrected chi connectivity index (χ3v) is 4.45. The number of hydrogen-bond acceptors (Lipinski definition) is 3. The summed E-state index contributed by atoms with van der Waals surface area (Å²) in [6.45, 7) is 3.95. The highest BCUT2D eigenvalue weighted by Gasteiger charge is 2.29. The van der Waals surface area contributed by atoms with Crippen molar-refractivity contribution in [2.45, 2.75) is 32.4 Å². The molecule has 0 radical (unpaired) electrons. The summed E-state index contributed by atoms with van der Waals surface area (Å²) in [6, 6.07) is 7.65. The molecule has 6 heteroatoms. The fourth-order valence-corrected chi connectivity index (χ4v) is 3.22.